The molecule has 1 aromatic carbocycles. The predicted octanol–water partition coefficient (Wildman–Crippen LogP) is 2.98. The van der Waals surface area contributed by atoms with Crippen LogP contribution in [0.25, 0.3) is 0 Å². The second-order valence-corrected chi connectivity index (χ2v) is 6.13. The van der Waals surface area contributed by atoms with Crippen LogP contribution in [0.1, 0.15) is 12.0 Å². The van der Waals surface area contributed by atoms with Gasteiger partial charge >= 0.3 is 0 Å². The van der Waals surface area contributed by atoms with E-state index in [9.17, 15) is 4.79 Å². The summed E-state index contributed by atoms with van der Waals surface area (Å²) in [7, 11) is 0. The van der Waals surface area contributed by atoms with Crippen LogP contribution in [0.2, 0.25) is 5.02 Å². The zero-order valence-corrected chi connectivity index (χ0v) is 13.2. The fraction of sp³-hybridized carbons (Fsp3) is 0.333. The van der Waals surface area contributed by atoms with Crippen molar-refractivity contribution in [1.29, 1.82) is 0 Å². The first-order valence-corrected chi connectivity index (χ1v) is 8.33. The smallest absolute Gasteiger partial charge is 0.241 e. The van der Waals surface area contributed by atoms with Crippen molar-refractivity contribution in [3.63, 3.8) is 0 Å². The highest BCUT2D eigenvalue weighted by Crippen LogP contribution is 2.15. The minimum Gasteiger partial charge on any atom is -0.354 e. The Balaban J connectivity index is 1.52. The van der Waals surface area contributed by atoms with Crippen molar-refractivity contribution >= 4 is 29.3 Å². The monoisotopic (exact) mass is 323 g/mol. The maximum Gasteiger partial charge on any atom is 0.241 e. The van der Waals surface area contributed by atoms with Crippen molar-refractivity contribution < 1.29 is 4.79 Å². The summed E-state index contributed by atoms with van der Waals surface area (Å²) in [5, 5.41) is 7.66. The van der Waals surface area contributed by atoms with E-state index in [-0.39, 0.29) is 12.5 Å². The van der Waals surface area contributed by atoms with E-state index in [1.165, 1.54) is 5.56 Å². The molecule has 1 heterocycles. The summed E-state index contributed by atoms with van der Waals surface area (Å²) in [4.78, 5) is 11.6. The van der Waals surface area contributed by atoms with Gasteiger partial charge in [-0.15, -0.1) is 0 Å². The highest BCUT2D eigenvalue weighted by molar-refractivity contribution is 7.98. The van der Waals surface area contributed by atoms with E-state index in [4.69, 9.17) is 11.6 Å². The zero-order valence-electron chi connectivity index (χ0n) is 11.7. The molecule has 0 bridgehead atoms. The number of amides is 1. The normalized spacial score (nSPS) is 10.5. The Hall–Kier alpha value is -1.46. The van der Waals surface area contributed by atoms with Crippen molar-refractivity contribution in [3.05, 3.63) is 53.3 Å². The van der Waals surface area contributed by atoms with Crippen LogP contribution in [0, 0.1) is 0 Å². The van der Waals surface area contributed by atoms with E-state index in [1.54, 1.807) is 23.1 Å². The third kappa shape index (κ3) is 6.23. The number of rotatable bonds is 8. The molecule has 0 aliphatic heterocycles. The van der Waals surface area contributed by atoms with Gasteiger partial charge in [0.2, 0.25) is 5.91 Å². The van der Waals surface area contributed by atoms with Crippen LogP contribution in [-0.4, -0.2) is 28.0 Å². The summed E-state index contributed by atoms with van der Waals surface area (Å²) in [6.07, 6.45) is 4.41. The van der Waals surface area contributed by atoms with Crippen molar-refractivity contribution in [1.82, 2.24) is 15.1 Å². The molecule has 112 valence electrons. The lowest BCUT2D eigenvalue weighted by atomic mass is 10.2. The molecule has 0 spiro atoms. The van der Waals surface area contributed by atoms with Crippen LogP contribution in [0.3, 0.4) is 0 Å². The molecule has 1 amide bonds. The standard InChI is InChI=1S/C15H18ClN3OS/c16-14-5-3-13(4-6-14)12-21-10-2-7-17-15(20)11-19-9-1-8-18-19/h1,3-6,8-9H,2,7,10-12H2,(H,17,20). The Morgan fingerprint density at radius 2 is 2.14 bits per heavy atom. The lowest BCUT2D eigenvalue weighted by Gasteiger charge is -2.05. The fourth-order valence-corrected chi connectivity index (χ4v) is 2.82. The lowest BCUT2D eigenvalue weighted by Crippen LogP contribution is -2.28. The Kier molecular flexibility index (Phi) is 6.63. The van der Waals surface area contributed by atoms with Crippen molar-refractivity contribution in [3.8, 4) is 0 Å². The highest BCUT2D eigenvalue weighted by Gasteiger charge is 2.01. The number of thioether (sulfide) groups is 1. The molecule has 0 aliphatic carbocycles. The minimum atomic E-state index is 0.00130. The molecule has 0 saturated heterocycles. The van der Waals surface area contributed by atoms with Crippen molar-refractivity contribution in [2.45, 2.75) is 18.7 Å². The summed E-state index contributed by atoms with van der Waals surface area (Å²) in [6.45, 7) is 0.985. The number of aromatic nitrogens is 2. The molecule has 1 aromatic heterocycles. The molecule has 0 atom stereocenters. The quantitative estimate of drug-likeness (QED) is 0.760. The van der Waals surface area contributed by atoms with Gasteiger partial charge in [-0.05, 0) is 35.9 Å². The third-order valence-electron chi connectivity index (χ3n) is 2.83. The molecule has 21 heavy (non-hydrogen) atoms. The molecule has 0 fully saturated rings. The van der Waals surface area contributed by atoms with Crippen LogP contribution in [0.5, 0.6) is 0 Å². The van der Waals surface area contributed by atoms with E-state index in [0.717, 1.165) is 22.9 Å². The van der Waals surface area contributed by atoms with Gasteiger partial charge in [-0.3, -0.25) is 9.48 Å². The number of benzene rings is 1. The number of hydrogen-bond donors (Lipinski definition) is 1. The molecule has 0 aliphatic rings. The van der Waals surface area contributed by atoms with Gasteiger partial charge in [0, 0.05) is 29.7 Å². The first-order valence-electron chi connectivity index (χ1n) is 6.80. The topological polar surface area (TPSA) is 46.9 Å². The highest BCUT2D eigenvalue weighted by atomic mass is 35.5. The van der Waals surface area contributed by atoms with Gasteiger partial charge in [-0.2, -0.15) is 16.9 Å². The summed E-state index contributed by atoms with van der Waals surface area (Å²) < 4.78 is 1.62. The SMILES string of the molecule is O=C(Cn1cccn1)NCCCSCc1ccc(Cl)cc1. The second-order valence-electron chi connectivity index (χ2n) is 4.59. The summed E-state index contributed by atoms with van der Waals surface area (Å²) in [5.74, 6) is 1.99. The molecular formula is C15H18ClN3OS. The Morgan fingerprint density at radius 3 is 2.86 bits per heavy atom. The van der Waals surface area contributed by atoms with Crippen LogP contribution < -0.4 is 5.32 Å². The minimum absolute atomic E-state index is 0.00130. The van der Waals surface area contributed by atoms with Crippen LogP contribution in [0.4, 0.5) is 0 Å². The molecule has 0 radical (unpaired) electrons. The molecule has 6 heteroatoms. The number of nitrogens with one attached hydrogen (secondary N) is 1. The predicted molar refractivity (Wildman–Crippen MR) is 87.5 cm³/mol. The van der Waals surface area contributed by atoms with Gasteiger partial charge in [0.25, 0.3) is 0 Å². The Bertz CT molecular complexity index is 543. The van der Waals surface area contributed by atoms with E-state index in [1.807, 2.05) is 36.0 Å². The zero-order chi connectivity index (χ0) is 14.9. The number of carbonyl (C=O) groups excluding carboxylic acids is 1. The van der Waals surface area contributed by atoms with Gasteiger partial charge in [-0.1, -0.05) is 23.7 Å². The molecule has 4 nitrogen and oxygen atoms in total. The van der Waals surface area contributed by atoms with E-state index in [0.29, 0.717) is 6.54 Å². The summed E-state index contributed by atoms with van der Waals surface area (Å²) >= 11 is 7.70. The molecule has 0 saturated carbocycles. The molecule has 1 N–H and O–H groups in total. The first kappa shape index (κ1) is 15.9. The number of nitrogens with zero attached hydrogens (tertiary/aromatic N) is 2. The Labute approximate surface area is 133 Å². The molecule has 0 unspecified atom stereocenters. The van der Waals surface area contributed by atoms with Crippen molar-refractivity contribution in [2.75, 3.05) is 12.3 Å². The van der Waals surface area contributed by atoms with Crippen LogP contribution in [0.15, 0.2) is 42.7 Å². The molecule has 2 rings (SSSR count). The number of carbonyl (C=O) groups is 1. The van der Waals surface area contributed by atoms with Gasteiger partial charge < -0.3 is 5.32 Å². The van der Waals surface area contributed by atoms with Gasteiger partial charge in [0.15, 0.2) is 0 Å². The van der Waals surface area contributed by atoms with E-state index in [2.05, 4.69) is 10.4 Å². The molecular weight excluding hydrogens is 306 g/mol. The van der Waals surface area contributed by atoms with Crippen molar-refractivity contribution in [2.24, 2.45) is 0 Å². The van der Waals surface area contributed by atoms with Crippen LogP contribution >= 0.6 is 23.4 Å². The van der Waals surface area contributed by atoms with Gasteiger partial charge in [0.05, 0.1) is 0 Å². The van der Waals surface area contributed by atoms with E-state index >= 15 is 0 Å². The third-order valence-corrected chi connectivity index (χ3v) is 4.20. The number of halogens is 1. The van der Waals surface area contributed by atoms with E-state index < -0.39 is 0 Å². The first-order chi connectivity index (χ1) is 10.2. The number of hydrogen-bond acceptors (Lipinski definition) is 3. The average molecular weight is 324 g/mol. The lowest BCUT2D eigenvalue weighted by molar-refractivity contribution is -0.121. The largest absolute Gasteiger partial charge is 0.354 e. The summed E-state index contributed by atoms with van der Waals surface area (Å²) in [5.41, 5.74) is 1.27. The van der Waals surface area contributed by atoms with Gasteiger partial charge in [0.1, 0.15) is 6.54 Å². The maximum absolute atomic E-state index is 11.6. The molecule has 2 aromatic rings. The van der Waals surface area contributed by atoms with Gasteiger partial charge in [-0.25, -0.2) is 0 Å². The summed E-state index contributed by atoms with van der Waals surface area (Å²) in [6, 6.07) is 9.71. The Morgan fingerprint density at radius 1 is 1.33 bits per heavy atom. The average Bonchev–Trinajstić information content (AvgIpc) is 2.97. The fourth-order valence-electron chi connectivity index (χ4n) is 1.77. The second kappa shape index (κ2) is 8.74. The maximum atomic E-state index is 11.6. The van der Waals surface area contributed by atoms with Crippen LogP contribution in [-0.2, 0) is 17.1 Å².